The fraction of sp³-hybridized carbons (Fsp3) is 0.257. The Labute approximate surface area is 254 Å². The summed E-state index contributed by atoms with van der Waals surface area (Å²) in [5, 5.41) is 3.72. The van der Waals surface area contributed by atoms with Gasteiger partial charge in [-0.05, 0) is 61.4 Å². The van der Waals surface area contributed by atoms with Crippen LogP contribution in [0.4, 0.5) is 20.2 Å². The lowest BCUT2D eigenvalue weighted by atomic mass is 9.98. The lowest BCUT2D eigenvalue weighted by molar-refractivity contribution is 0.0650. The van der Waals surface area contributed by atoms with E-state index in [2.05, 4.69) is 33.3 Å². The zero-order valence-corrected chi connectivity index (χ0v) is 24.6. The minimum atomic E-state index is -0.707. The smallest absolute Gasteiger partial charge is 0.212 e. The van der Waals surface area contributed by atoms with E-state index < -0.39 is 11.6 Å². The Morgan fingerprint density at radius 3 is 2.59 bits per heavy atom. The second kappa shape index (κ2) is 11.4. The van der Waals surface area contributed by atoms with E-state index >= 15 is 4.39 Å². The van der Waals surface area contributed by atoms with E-state index in [1.54, 1.807) is 31.8 Å². The van der Waals surface area contributed by atoms with Gasteiger partial charge in [0.2, 0.25) is 5.88 Å². The third kappa shape index (κ3) is 5.28. The first-order chi connectivity index (χ1) is 21.4. The Morgan fingerprint density at radius 2 is 1.86 bits per heavy atom. The van der Waals surface area contributed by atoms with Crippen molar-refractivity contribution in [1.82, 2.24) is 19.9 Å². The summed E-state index contributed by atoms with van der Waals surface area (Å²) in [5.74, 6) is 0.265. The van der Waals surface area contributed by atoms with Crippen molar-refractivity contribution < 1.29 is 18.3 Å². The summed E-state index contributed by atoms with van der Waals surface area (Å²) in [4.78, 5) is 18.4. The molecule has 5 aromatic rings. The van der Waals surface area contributed by atoms with E-state index in [1.165, 1.54) is 6.07 Å². The highest BCUT2D eigenvalue weighted by Crippen LogP contribution is 2.45. The lowest BCUT2D eigenvalue weighted by Gasteiger charge is -2.23. The summed E-state index contributed by atoms with van der Waals surface area (Å²) in [7, 11) is 1.57. The highest BCUT2D eigenvalue weighted by Gasteiger charge is 2.40. The predicted octanol–water partition coefficient (Wildman–Crippen LogP) is 7.92. The van der Waals surface area contributed by atoms with E-state index in [9.17, 15) is 4.39 Å². The molecule has 0 saturated heterocycles. The van der Waals surface area contributed by atoms with Crippen LogP contribution >= 0.6 is 0 Å². The molecule has 1 N–H and O–H groups in total. The second-order valence-corrected chi connectivity index (χ2v) is 11.4. The van der Waals surface area contributed by atoms with Gasteiger partial charge >= 0.3 is 0 Å². The number of aromatic nitrogens is 4. The Hall–Kier alpha value is -4.76. The number of fused-ring (bicyclic) bond motifs is 1. The molecule has 1 aliphatic heterocycles. The van der Waals surface area contributed by atoms with Crippen molar-refractivity contribution in [3.63, 3.8) is 0 Å². The molecule has 2 aliphatic rings. The highest BCUT2D eigenvalue weighted by molar-refractivity contribution is 5.99. The SMILES string of the molecule is COc1ccc(-c2cnc(C3=CC([C@H]4CC4C)OCC3)cc2Nc2c(C)c(-c3ccccn3)nc3cc(F)cc(F)c23)cn1. The summed E-state index contributed by atoms with van der Waals surface area (Å²) in [6.07, 6.45) is 9.37. The first-order valence-electron chi connectivity index (χ1n) is 14.7. The summed E-state index contributed by atoms with van der Waals surface area (Å²) < 4.78 is 41.4. The van der Waals surface area contributed by atoms with Crippen molar-refractivity contribution in [1.29, 1.82) is 0 Å². The molecule has 7 rings (SSSR count). The Morgan fingerprint density at radius 1 is 1.00 bits per heavy atom. The molecule has 1 saturated carbocycles. The van der Waals surface area contributed by atoms with Crippen LogP contribution in [0.5, 0.6) is 5.88 Å². The monoisotopic (exact) mass is 591 g/mol. The fourth-order valence-electron chi connectivity index (χ4n) is 5.98. The third-order valence-electron chi connectivity index (χ3n) is 8.54. The number of benzene rings is 1. The number of nitrogens with zero attached hydrogens (tertiary/aromatic N) is 4. The number of rotatable bonds is 7. The molecule has 1 aromatic carbocycles. The number of pyridine rings is 4. The Bertz CT molecular complexity index is 1900. The summed E-state index contributed by atoms with van der Waals surface area (Å²) >= 11 is 0. The zero-order chi connectivity index (χ0) is 30.4. The summed E-state index contributed by atoms with van der Waals surface area (Å²) in [6, 6.07) is 13.3. The van der Waals surface area contributed by atoms with Gasteiger partial charge in [-0.3, -0.25) is 9.97 Å². The molecule has 1 aliphatic carbocycles. The third-order valence-corrected chi connectivity index (χ3v) is 8.54. The molecule has 44 heavy (non-hydrogen) atoms. The van der Waals surface area contributed by atoms with Crippen LogP contribution in [0.1, 0.15) is 31.0 Å². The molecule has 0 amide bonds. The van der Waals surface area contributed by atoms with Crippen molar-refractivity contribution in [2.75, 3.05) is 19.0 Å². The highest BCUT2D eigenvalue weighted by atomic mass is 19.1. The van der Waals surface area contributed by atoms with Crippen LogP contribution in [0.25, 0.3) is 39.0 Å². The summed E-state index contributed by atoms with van der Waals surface area (Å²) in [5.41, 5.74) is 6.63. The molecule has 0 radical (unpaired) electrons. The van der Waals surface area contributed by atoms with E-state index in [0.717, 1.165) is 41.3 Å². The van der Waals surface area contributed by atoms with Gasteiger partial charge in [-0.1, -0.05) is 19.1 Å². The quantitative estimate of drug-likeness (QED) is 0.206. The minimum Gasteiger partial charge on any atom is -0.481 e. The Kier molecular flexibility index (Phi) is 7.26. The number of anilines is 2. The van der Waals surface area contributed by atoms with E-state index in [0.29, 0.717) is 52.6 Å². The maximum Gasteiger partial charge on any atom is 0.212 e. The van der Waals surface area contributed by atoms with Gasteiger partial charge in [0.15, 0.2) is 0 Å². The van der Waals surface area contributed by atoms with Crippen LogP contribution in [0.3, 0.4) is 0 Å². The van der Waals surface area contributed by atoms with Crippen LogP contribution in [-0.2, 0) is 4.74 Å². The van der Waals surface area contributed by atoms with Crippen molar-refractivity contribution in [3.05, 3.63) is 96.1 Å². The lowest BCUT2D eigenvalue weighted by Crippen LogP contribution is -2.20. The van der Waals surface area contributed by atoms with Crippen LogP contribution in [-0.4, -0.2) is 39.8 Å². The maximum atomic E-state index is 15.6. The Balaban J connectivity index is 1.40. The van der Waals surface area contributed by atoms with Gasteiger partial charge in [0.05, 0.1) is 59.2 Å². The molecule has 0 bridgehead atoms. The number of hydrogen-bond acceptors (Lipinski definition) is 7. The van der Waals surface area contributed by atoms with Gasteiger partial charge in [-0.2, -0.15) is 0 Å². The van der Waals surface area contributed by atoms with Crippen LogP contribution in [0.2, 0.25) is 0 Å². The molecule has 1 fully saturated rings. The average Bonchev–Trinajstić information content (AvgIpc) is 3.79. The number of nitrogens with one attached hydrogen (secondary N) is 1. The van der Waals surface area contributed by atoms with E-state index in [4.69, 9.17) is 14.5 Å². The zero-order valence-electron chi connectivity index (χ0n) is 24.6. The number of halogens is 2. The molecule has 2 unspecified atom stereocenters. The number of ether oxygens (including phenoxy) is 2. The molecule has 7 nitrogen and oxygen atoms in total. The largest absolute Gasteiger partial charge is 0.481 e. The average molecular weight is 592 g/mol. The molecular formula is C35H31F2N5O2. The van der Waals surface area contributed by atoms with Gasteiger partial charge in [0, 0.05) is 53.5 Å². The topological polar surface area (TPSA) is 82.0 Å². The molecule has 4 aromatic heterocycles. The van der Waals surface area contributed by atoms with Gasteiger partial charge in [0.1, 0.15) is 11.6 Å². The first-order valence-corrected chi connectivity index (χ1v) is 14.7. The maximum absolute atomic E-state index is 15.6. The van der Waals surface area contributed by atoms with E-state index in [1.807, 2.05) is 37.3 Å². The predicted molar refractivity (Wildman–Crippen MR) is 167 cm³/mol. The second-order valence-electron chi connectivity index (χ2n) is 11.4. The van der Waals surface area contributed by atoms with Crippen LogP contribution < -0.4 is 10.1 Å². The molecule has 9 heteroatoms. The van der Waals surface area contributed by atoms with Crippen LogP contribution in [0, 0.1) is 30.4 Å². The van der Waals surface area contributed by atoms with Gasteiger partial charge in [0.25, 0.3) is 0 Å². The molecule has 222 valence electrons. The molecular weight excluding hydrogens is 560 g/mol. The number of methoxy groups -OCH3 is 1. The van der Waals surface area contributed by atoms with Gasteiger partial charge < -0.3 is 14.8 Å². The van der Waals surface area contributed by atoms with Gasteiger partial charge in [-0.15, -0.1) is 0 Å². The van der Waals surface area contributed by atoms with Crippen LogP contribution in [0.15, 0.2) is 73.2 Å². The van der Waals surface area contributed by atoms with Crippen molar-refractivity contribution in [3.8, 4) is 28.4 Å². The first kappa shape index (κ1) is 28.0. The molecule has 3 atom stereocenters. The normalized spacial score (nSPS) is 19.5. The fourth-order valence-corrected chi connectivity index (χ4v) is 5.98. The number of hydrogen-bond donors (Lipinski definition) is 1. The van der Waals surface area contributed by atoms with Crippen molar-refractivity contribution in [2.24, 2.45) is 11.8 Å². The van der Waals surface area contributed by atoms with Crippen molar-refractivity contribution >= 4 is 27.9 Å². The minimum absolute atomic E-state index is 0.0775. The van der Waals surface area contributed by atoms with E-state index in [-0.39, 0.29) is 17.0 Å². The van der Waals surface area contributed by atoms with Crippen molar-refractivity contribution in [2.45, 2.75) is 32.8 Å². The van der Waals surface area contributed by atoms with Gasteiger partial charge in [-0.25, -0.2) is 18.7 Å². The summed E-state index contributed by atoms with van der Waals surface area (Å²) in [6.45, 7) is 4.74. The molecule has 5 heterocycles. The standard InChI is InChI=1S/C35H31F2N5O2/c1-19-12-24(19)31-13-21(9-11-44-31)28-16-29(25(18-39-28)22-7-8-32(43-3)40-17-22)41-35-20(2)34(27-6-4-5-10-38-27)42-30-15-23(36)14-26(37)33(30)35/h4-8,10,13-19,24,31H,9,11-12H2,1-3H3,(H,39,41,42)/t19?,24-,31?/m0/s1. The molecule has 0 spiro atoms.